The number of hydrogen-bond acceptors (Lipinski definition) is 4. The standard InChI is InChI=1S/C18H27NO4/c1-3-6-15(19)9-7-14-8-10-16(18(20)21)17(13-14)23-12-5-4-11-22-2/h8,10,13,19H,3-7,9,11-12H2,1-2H3,(H,20,21). The van der Waals surface area contributed by atoms with Crippen LogP contribution in [0.4, 0.5) is 0 Å². The lowest BCUT2D eigenvalue weighted by Gasteiger charge is -2.11. The average Bonchev–Trinajstić information content (AvgIpc) is 2.53. The maximum atomic E-state index is 11.3. The maximum Gasteiger partial charge on any atom is 0.339 e. The van der Waals surface area contributed by atoms with Crippen molar-refractivity contribution < 1.29 is 19.4 Å². The van der Waals surface area contributed by atoms with Gasteiger partial charge in [0.05, 0.1) is 6.61 Å². The highest BCUT2D eigenvalue weighted by Crippen LogP contribution is 2.22. The maximum absolute atomic E-state index is 11.3. The molecule has 0 saturated heterocycles. The quantitative estimate of drug-likeness (QED) is 0.451. The fraction of sp³-hybridized carbons (Fsp3) is 0.556. The Morgan fingerprint density at radius 2 is 1.96 bits per heavy atom. The van der Waals surface area contributed by atoms with Gasteiger partial charge in [0.1, 0.15) is 11.3 Å². The Balaban J connectivity index is 2.66. The molecule has 0 aliphatic carbocycles. The number of benzene rings is 1. The summed E-state index contributed by atoms with van der Waals surface area (Å²) in [6.07, 6.45) is 4.93. The van der Waals surface area contributed by atoms with E-state index in [1.807, 2.05) is 0 Å². The van der Waals surface area contributed by atoms with Gasteiger partial charge in [0, 0.05) is 19.4 Å². The van der Waals surface area contributed by atoms with E-state index in [1.54, 1.807) is 25.3 Å². The Bertz CT molecular complexity index is 514. The number of carboxylic acid groups (broad SMARTS) is 1. The van der Waals surface area contributed by atoms with Gasteiger partial charge in [-0.3, -0.25) is 0 Å². The van der Waals surface area contributed by atoms with E-state index in [-0.39, 0.29) is 5.56 Å². The third-order valence-corrected chi connectivity index (χ3v) is 3.54. The van der Waals surface area contributed by atoms with Crippen molar-refractivity contribution in [3.05, 3.63) is 29.3 Å². The number of rotatable bonds is 12. The topological polar surface area (TPSA) is 79.6 Å². The monoisotopic (exact) mass is 321 g/mol. The van der Waals surface area contributed by atoms with Crippen LogP contribution in [0.3, 0.4) is 0 Å². The summed E-state index contributed by atoms with van der Waals surface area (Å²) in [5.41, 5.74) is 1.92. The molecule has 0 aromatic heterocycles. The van der Waals surface area contributed by atoms with Crippen LogP contribution in [-0.2, 0) is 11.2 Å². The smallest absolute Gasteiger partial charge is 0.339 e. The molecule has 5 nitrogen and oxygen atoms in total. The Labute approximate surface area is 138 Å². The molecule has 0 amide bonds. The van der Waals surface area contributed by atoms with Gasteiger partial charge < -0.3 is 20.0 Å². The van der Waals surface area contributed by atoms with Crippen LogP contribution in [0, 0.1) is 5.41 Å². The van der Waals surface area contributed by atoms with Gasteiger partial charge in [-0.2, -0.15) is 0 Å². The lowest BCUT2D eigenvalue weighted by molar-refractivity contribution is 0.0692. The van der Waals surface area contributed by atoms with E-state index in [9.17, 15) is 9.90 Å². The molecule has 128 valence electrons. The summed E-state index contributed by atoms with van der Waals surface area (Å²) in [6, 6.07) is 5.19. The molecule has 0 radical (unpaired) electrons. The number of ether oxygens (including phenoxy) is 2. The molecule has 5 heteroatoms. The molecule has 0 aliphatic rings. The minimum Gasteiger partial charge on any atom is -0.493 e. The van der Waals surface area contributed by atoms with Gasteiger partial charge in [-0.15, -0.1) is 0 Å². The van der Waals surface area contributed by atoms with Crippen molar-refractivity contribution in [2.45, 2.75) is 45.4 Å². The first-order valence-corrected chi connectivity index (χ1v) is 8.12. The summed E-state index contributed by atoms with van der Waals surface area (Å²) < 4.78 is 10.6. The van der Waals surface area contributed by atoms with E-state index in [1.165, 1.54) is 0 Å². The zero-order valence-electron chi connectivity index (χ0n) is 14.1. The normalized spacial score (nSPS) is 10.5. The number of nitrogens with one attached hydrogen (secondary N) is 1. The first-order valence-electron chi connectivity index (χ1n) is 8.12. The van der Waals surface area contributed by atoms with Crippen molar-refractivity contribution in [3.63, 3.8) is 0 Å². The molecule has 0 saturated carbocycles. The Hall–Kier alpha value is -1.88. The highest BCUT2D eigenvalue weighted by Gasteiger charge is 2.12. The summed E-state index contributed by atoms with van der Waals surface area (Å²) in [5.74, 6) is -0.573. The highest BCUT2D eigenvalue weighted by atomic mass is 16.5. The number of methoxy groups -OCH3 is 1. The van der Waals surface area contributed by atoms with Gasteiger partial charge in [-0.05, 0) is 49.8 Å². The lowest BCUT2D eigenvalue weighted by Crippen LogP contribution is -2.06. The Kier molecular flexibility index (Phi) is 8.98. The molecular formula is C18H27NO4. The summed E-state index contributed by atoms with van der Waals surface area (Å²) >= 11 is 0. The van der Waals surface area contributed by atoms with E-state index in [0.717, 1.165) is 43.4 Å². The van der Waals surface area contributed by atoms with Crippen LogP contribution in [0.25, 0.3) is 0 Å². The second kappa shape index (κ2) is 10.8. The van der Waals surface area contributed by atoms with Crippen molar-refractivity contribution >= 4 is 11.7 Å². The second-order valence-corrected chi connectivity index (χ2v) is 5.54. The second-order valence-electron chi connectivity index (χ2n) is 5.54. The van der Waals surface area contributed by atoms with Crippen molar-refractivity contribution in [1.82, 2.24) is 0 Å². The van der Waals surface area contributed by atoms with Gasteiger partial charge in [0.15, 0.2) is 0 Å². The van der Waals surface area contributed by atoms with Crippen molar-refractivity contribution in [2.24, 2.45) is 0 Å². The number of hydrogen-bond donors (Lipinski definition) is 2. The molecule has 23 heavy (non-hydrogen) atoms. The third-order valence-electron chi connectivity index (χ3n) is 3.54. The predicted molar refractivity (Wildman–Crippen MR) is 91.0 cm³/mol. The molecule has 2 N–H and O–H groups in total. The number of aryl methyl sites for hydroxylation is 1. The SMILES string of the molecule is CCCC(=N)CCc1ccc(C(=O)O)c(OCCCCOC)c1. The molecular weight excluding hydrogens is 294 g/mol. The minimum absolute atomic E-state index is 0.184. The van der Waals surface area contributed by atoms with Crippen molar-refractivity contribution in [1.29, 1.82) is 5.41 Å². The Morgan fingerprint density at radius 1 is 1.22 bits per heavy atom. The summed E-state index contributed by atoms with van der Waals surface area (Å²) in [7, 11) is 1.66. The predicted octanol–water partition coefficient (Wildman–Crippen LogP) is 3.94. The van der Waals surface area contributed by atoms with Crippen LogP contribution < -0.4 is 4.74 Å². The van der Waals surface area contributed by atoms with Gasteiger partial charge in [0.25, 0.3) is 0 Å². The van der Waals surface area contributed by atoms with Gasteiger partial charge >= 0.3 is 5.97 Å². The summed E-state index contributed by atoms with van der Waals surface area (Å²) in [6.45, 7) is 3.21. The fourth-order valence-electron chi connectivity index (χ4n) is 2.27. The molecule has 0 spiro atoms. The molecule has 0 aliphatic heterocycles. The van der Waals surface area contributed by atoms with E-state index in [0.29, 0.717) is 25.4 Å². The molecule has 0 unspecified atom stereocenters. The molecule has 0 fully saturated rings. The molecule has 1 rings (SSSR count). The van der Waals surface area contributed by atoms with Crippen molar-refractivity contribution in [2.75, 3.05) is 20.3 Å². The molecule has 0 bridgehead atoms. The third kappa shape index (κ3) is 7.28. The van der Waals surface area contributed by atoms with Gasteiger partial charge in [-0.25, -0.2) is 4.79 Å². The van der Waals surface area contributed by atoms with Crippen LogP contribution in [0.15, 0.2) is 18.2 Å². The molecule has 1 aromatic rings. The number of carboxylic acids is 1. The summed E-state index contributed by atoms with van der Waals surface area (Å²) in [5, 5.41) is 17.1. The Morgan fingerprint density at radius 3 is 2.61 bits per heavy atom. The molecule has 0 heterocycles. The zero-order valence-corrected chi connectivity index (χ0v) is 14.1. The van der Waals surface area contributed by atoms with E-state index in [4.69, 9.17) is 14.9 Å². The largest absolute Gasteiger partial charge is 0.493 e. The lowest BCUT2D eigenvalue weighted by atomic mass is 10.0. The van der Waals surface area contributed by atoms with E-state index >= 15 is 0 Å². The van der Waals surface area contributed by atoms with Gasteiger partial charge in [0.2, 0.25) is 0 Å². The van der Waals surface area contributed by atoms with Crippen LogP contribution in [0.2, 0.25) is 0 Å². The first-order chi connectivity index (χ1) is 11.1. The molecule has 1 aromatic carbocycles. The summed E-state index contributed by atoms with van der Waals surface area (Å²) in [4.78, 5) is 11.3. The number of unbranched alkanes of at least 4 members (excludes halogenated alkanes) is 1. The zero-order chi connectivity index (χ0) is 17.1. The van der Waals surface area contributed by atoms with Crippen LogP contribution in [0.1, 0.15) is 54.9 Å². The first kappa shape index (κ1) is 19.2. The average molecular weight is 321 g/mol. The number of aromatic carboxylic acids is 1. The van der Waals surface area contributed by atoms with Gasteiger partial charge in [-0.1, -0.05) is 19.4 Å². The number of carbonyl (C=O) groups is 1. The van der Waals surface area contributed by atoms with Crippen LogP contribution in [0.5, 0.6) is 5.75 Å². The fourth-order valence-corrected chi connectivity index (χ4v) is 2.27. The highest BCUT2D eigenvalue weighted by molar-refractivity contribution is 5.91. The van der Waals surface area contributed by atoms with Crippen molar-refractivity contribution in [3.8, 4) is 5.75 Å². The van der Waals surface area contributed by atoms with Crippen LogP contribution in [-0.4, -0.2) is 37.1 Å². The van der Waals surface area contributed by atoms with E-state index < -0.39 is 5.97 Å². The van der Waals surface area contributed by atoms with Crippen LogP contribution >= 0.6 is 0 Å². The molecule has 0 atom stereocenters. The minimum atomic E-state index is -0.984. The van der Waals surface area contributed by atoms with E-state index in [2.05, 4.69) is 6.92 Å².